The van der Waals surface area contributed by atoms with Crippen molar-refractivity contribution in [3.05, 3.63) is 41.9 Å². The van der Waals surface area contributed by atoms with Gasteiger partial charge in [-0.1, -0.05) is 6.07 Å². The Kier molecular flexibility index (Phi) is 3.61. The summed E-state index contributed by atoms with van der Waals surface area (Å²) >= 11 is 0. The number of ether oxygens (including phenoxy) is 2. The van der Waals surface area contributed by atoms with Crippen molar-refractivity contribution < 1.29 is 19.4 Å². The van der Waals surface area contributed by atoms with Gasteiger partial charge in [0.05, 0.1) is 12.8 Å². The number of hydrogen-bond acceptors (Lipinski definition) is 5. The van der Waals surface area contributed by atoms with Gasteiger partial charge in [0.25, 0.3) is 0 Å². The number of aromatic carboxylic acids is 1. The van der Waals surface area contributed by atoms with E-state index in [1.165, 1.54) is 25.6 Å². The molecule has 2 aromatic rings. The van der Waals surface area contributed by atoms with E-state index in [0.717, 1.165) is 0 Å². The molecular formula is C13H12N2O4. The van der Waals surface area contributed by atoms with Gasteiger partial charge in [-0.3, -0.25) is 4.98 Å². The molecule has 0 fully saturated rings. The minimum Gasteiger partial charge on any atom is -0.493 e. The zero-order valence-electron chi connectivity index (χ0n) is 10.5. The zero-order chi connectivity index (χ0) is 13.8. The number of hydrogen-bond donors (Lipinski definition) is 1. The lowest BCUT2D eigenvalue weighted by Gasteiger charge is -2.12. The van der Waals surface area contributed by atoms with Crippen LogP contribution in [-0.2, 0) is 0 Å². The first-order valence-electron chi connectivity index (χ1n) is 5.49. The molecule has 98 valence electrons. The van der Waals surface area contributed by atoms with Crippen LogP contribution in [0.4, 0.5) is 0 Å². The van der Waals surface area contributed by atoms with Crippen LogP contribution in [0.1, 0.15) is 16.1 Å². The number of carbonyl (C=O) groups is 1. The molecule has 19 heavy (non-hydrogen) atoms. The fourth-order valence-electron chi connectivity index (χ4n) is 1.54. The molecule has 0 bridgehead atoms. The van der Waals surface area contributed by atoms with Gasteiger partial charge < -0.3 is 14.6 Å². The highest BCUT2D eigenvalue weighted by molar-refractivity contribution is 5.92. The standard InChI is InChI=1S/C13H12N2O4/c1-8-12(15-7-6-14-8)19-11-9(13(16)17)4-3-5-10(11)18-2/h3-7H,1-2H3,(H,16,17). The van der Waals surface area contributed by atoms with Crippen molar-refractivity contribution in [2.45, 2.75) is 6.92 Å². The molecular weight excluding hydrogens is 248 g/mol. The maximum absolute atomic E-state index is 11.2. The number of para-hydroxylation sites is 1. The predicted molar refractivity (Wildman–Crippen MR) is 66.8 cm³/mol. The lowest BCUT2D eigenvalue weighted by atomic mass is 10.2. The molecule has 0 aliphatic carbocycles. The van der Waals surface area contributed by atoms with Crippen molar-refractivity contribution in [3.8, 4) is 17.4 Å². The first-order valence-corrected chi connectivity index (χ1v) is 5.49. The van der Waals surface area contributed by atoms with Crippen molar-refractivity contribution >= 4 is 5.97 Å². The van der Waals surface area contributed by atoms with E-state index in [2.05, 4.69) is 9.97 Å². The fraction of sp³-hybridized carbons (Fsp3) is 0.154. The molecule has 0 aliphatic rings. The molecule has 2 rings (SSSR count). The maximum atomic E-state index is 11.2. The molecule has 0 amide bonds. The molecule has 1 aromatic heterocycles. The number of aryl methyl sites for hydroxylation is 1. The summed E-state index contributed by atoms with van der Waals surface area (Å²) in [5.41, 5.74) is 0.564. The van der Waals surface area contributed by atoms with E-state index in [9.17, 15) is 4.79 Å². The summed E-state index contributed by atoms with van der Waals surface area (Å²) < 4.78 is 10.7. The number of rotatable bonds is 4. The van der Waals surface area contributed by atoms with Gasteiger partial charge >= 0.3 is 5.97 Å². The summed E-state index contributed by atoms with van der Waals surface area (Å²) in [6.45, 7) is 1.72. The number of methoxy groups -OCH3 is 1. The SMILES string of the molecule is COc1cccc(C(=O)O)c1Oc1nccnc1C. The van der Waals surface area contributed by atoms with Gasteiger partial charge in [-0.05, 0) is 19.1 Å². The second-order valence-electron chi connectivity index (χ2n) is 3.69. The Morgan fingerprint density at radius 2 is 2.00 bits per heavy atom. The maximum Gasteiger partial charge on any atom is 0.339 e. The smallest absolute Gasteiger partial charge is 0.339 e. The first kappa shape index (κ1) is 12.8. The second kappa shape index (κ2) is 5.34. The van der Waals surface area contributed by atoms with Crippen LogP contribution in [0.2, 0.25) is 0 Å². The molecule has 0 atom stereocenters. The summed E-state index contributed by atoms with van der Waals surface area (Å²) in [6, 6.07) is 4.64. The average molecular weight is 260 g/mol. The molecule has 1 N–H and O–H groups in total. The van der Waals surface area contributed by atoms with Gasteiger partial charge in [0.1, 0.15) is 5.56 Å². The van der Waals surface area contributed by atoms with Crippen molar-refractivity contribution in [1.29, 1.82) is 0 Å². The molecule has 0 unspecified atom stereocenters. The second-order valence-corrected chi connectivity index (χ2v) is 3.69. The average Bonchev–Trinajstić information content (AvgIpc) is 2.41. The van der Waals surface area contributed by atoms with Crippen molar-refractivity contribution in [1.82, 2.24) is 9.97 Å². The summed E-state index contributed by atoms with van der Waals surface area (Å²) in [7, 11) is 1.44. The van der Waals surface area contributed by atoms with Crippen molar-refractivity contribution in [2.24, 2.45) is 0 Å². The minimum atomic E-state index is -1.10. The minimum absolute atomic E-state index is 0.00408. The summed E-state index contributed by atoms with van der Waals surface area (Å²) in [6.07, 6.45) is 3.00. The molecule has 0 saturated carbocycles. The Morgan fingerprint density at radius 3 is 2.63 bits per heavy atom. The third kappa shape index (κ3) is 2.62. The van der Waals surface area contributed by atoms with Crippen molar-refractivity contribution in [3.63, 3.8) is 0 Å². The highest BCUT2D eigenvalue weighted by atomic mass is 16.5. The van der Waals surface area contributed by atoms with E-state index in [1.54, 1.807) is 19.1 Å². The third-order valence-electron chi connectivity index (χ3n) is 2.46. The molecule has 0 saturated heterocycles. The van der Waals surface area contributed by atoms with Gasteiger partial charge in [0.2, 0.25) is 5.88 Å². The van der Waals surface area contributed by atoms with Crippen LogP contribution in [0.15, 0.2) is 30.6 Å². The summed E-state index contributed by atoms with van der Waals surface area (Å²) in [5, 5.41) is 9.16. The number of aromatic nitrogens is 2. The van der Waals surface area contributed by atoms with E-state index < -0.39 is 5.97 Å². The highest BCUT2D eigenvalue weighted by Crippen LogP contribution is 2.34. The van der Waals surface area contributed by atoms with Crippen LogP contribution in [0, 0.1) is 6.92 Å². The van der Waals surface area contributed by atoms with Crippen LogP contribution in [0.5, 0.6) is 17.4 Å². The summed E-state index contributed by atoms with van der Waals surface area (Å²) in [4.78, 5) is 19.2. The van der Waals surface area contributed by atoms with E-state index in [-0.39, 0.29) is 17.2 Å². The summed E-state index contributed by atoms with van der Waals surface area (Å²) in [5.74, 6) is -0.420. The van der Waals surface area contributed by atoms with E-state index in [1.807, 2.05) is 0 Å². The lowest BCUT2D eigenvalue weighted by Crippen LogP contribution is -2.03. The largest absolute Gasteiger partial charge is 0.493 e. The highest BCUT2D eigenvalue weighted by Gasteiger charge is 2.18. The van der Waals surface area contributed by atoms with Crippen LogP contribution in [0.3, 0.4) is 0 Å². The fourth-order valence-corrected chi connectivity index (χ4v) is 1.54. The van der Waals surface area contributed by atoms with Gasteiger partial charge in [-0.2, -0.15) is 0 Å². The number of carboxylic acids is 1. The Morgan fingerprint density at radius 1 is 1.26 bits per heavy atom. The van der Waals surface area contributed by atoms with E-state index in [0.29, 0.717) is 11.4 Å². The Labute approximate surface area is 109 Å². The third-order valence-corrected chi connectivity index (χ3v) is 2.46. The number of benzene rings is 1. The Balaban J connectivity index is 2.49. The Hall–Kier alpha value is -2.63. The molecule has 1 heterocycles. The first-order chi connectivity index (χ1) is 9.13. The van der Waals surface area contributed by atoms with E-state index in [4.69, 9.17) is 14.6 Å². The normalized spacial score (nSPS) is 10.0. The van der Waals surface area contributed by atoms with Crippen molar-refractivity contribution in [2.75, 3.05) is 7.11 Å². The zero-order valence-corrected chi connectivity index (χ0v) is 10.5. The molecule has 0 radical (unpaired) electrons. The molecule has 6 heteroatoms. The molecule has 1 aromatic carbocycles. The monoisotopic (exact) mass is 260 g/mol. The van der Waals surface area contributed by atoms with E-state index >= 15 is 0 Å². The van der Waals surface area contributed by atoms with Gasteiger partial charge in [-0.15, -0.1) is 0 Å². The lowest BCUT2D eigenvalue weighted by molar-refractivity contribution is 0.0693. The molecule has 0 spiro atoms. The van der Waals surface area contributed by atoms with Gasteiger partial charge in [0.15, 0.2) is 11.5 Å². The van der Waals surface area contributed by atoms with Gasteiger partial charge in [0, 0.05) is 12.4 Å². The van der Waals surface area contributed by atoms with Crippen LogP contribution in [-0.4, -0.2) is 28.2 Å². The molecule has 0 aliphatic heterocycles. The number of nitrogens with zero attached hydrogens (tertiary/aromatic N) is 2. The van der Waals surface area contributed by atoms with Gasteiger partial charge in [-0.25, -0.2) is 9.78 Å². The van der Waals surface area contributed by atoms with Crippen LogP contribution in [0.25, 0.3) is 0 Å². The predicted octanol–water partition coefficient (Wildman–Crippen LogP) is 2.28. The molecule has 6 nitrogen and oxygen atoms in total. The Bertz CT molecular complexity index is 613. The number of carboxylic acid groups (broad SMARTS) is 1. The topological polar surface area (TPSA) is 81.5 Å². The van der Waals surface area contributed by atoms with Crippen LogP contribution < -0.4 is 9.47 Å². The van der Waals surface area contributed by atoms with Crippen LogP contribution >= 0.6 is 0 Å². The quantitative estimate of drug-likeness (QED) is 0.908.